The lowest BCUT2D eigenvalue weighted by atomic mass is 10.2. The van der Waals surface area contributed by atoms with E-state index in [4.69, 9.17) is 24.2 Å². The molecule has 28 heavy (non-hydrogen) atoms. The van der Waals surface area contributed by atoms with Crippen LogP contribution < -0.4 is 9.64 Å². The van der Waals surface area contributed by atoms with Gasteiger partial charge in [-0.2, -0.15) is 0 Å². The number of hydrogen-bond donors (Lipinski definition) is 0. The number of fused-ring (bicyclic) bond motifs is 2. The summed E-state index contributed by atoms with van der Waals surface area (Å²) in [6.45, 7) is 6.57. The molecule has 0 radical (unpaired) electrons. The van der Waals surface area contributed by atoms with E-state index >= 15 is 0 Å². The average molecular weight is 382 g/mol. The number of aromatic nitrogens is 3. The van der Waals surface area contributed by atoms with Gasteiger partial charge in [-0.15, -0.1) is 0 Å². The van der Waals surface area contributed by atoms with Crippen molar-refractivity contribution in [1.82, 2.24) is 15.0 Å². The van der Waals surface area contributed by atoms with Crippen molar-refractivity contribution in [2.75, 3.05) is 31.2 Å². The molecule has 7 heteroatoms. The van der Waals surface area contributed by atoms with Gasteiger partial charge in [-0.05, 0) is 50.8 Å². The Morgan fingerprint density at radius 3 is 2.54 bits per heavy atom. The van der Waals surface area contributed by atoms with Crippen LogP contribution in [-0.2, 0) is 22.3 Å². The van der Waals surface area contributed by atoms with Gasteiger partial charge in [-0.3, -0.25) is 4.98 Å². The van der Waals surface area contributed by atoms with E-state index in [1.54, 1.807) is 6.20 Å². The number of aryl methyl sites for hydroxylation is 3. The van der Waals surface area contributed by atoms with E-state index in [1.165, 1.54) is 17.7 Å². The van der Waals surface area contributed by atoms with Crippen LogP contribution in [0.5, 0.6) is 5.75 Å². The average Bonchev–Trinajstić information content (AvgIpc) is 3.29. The molecule has 2 atom stereocenters. The van der Waals surface area contributed by atoms with E-state index in [-0.39, 0.29) is 18.3 Å². The number of pyridine rings is 1. The lowest BCUT2D eigenvalue weighted by Crippen LogP contribution is -2.30. The van der Waals surface area contributed by atoms with Gasteiger partial charge in [0.15, 0.2) is 0 Å². The lowest BCUT2D eigenvalue weighted by Gasteiger charge is -2.20. The number of nitrogens with zero attached hydrogens (tertiary/aromatic N) is 4. The highest BCUT2D eigenvalue weighted by Gasteiger charge is 2.39. The Bertz CT molecular complexity index is 841. The molecule has 0 bridgehead atoms. The molecule has 5 rings (SSSR count). The van der Waals surface area contributed by atoms with E-state index in [1.807, 2.05) is 19.1 Å². The monoisotopic (exact) mass is 382 g/mol. The summed E-state index contributed by atoms with van der Waals surface area (Å²) in [5.74, 6) is 1.57. The van der Waals surface area contributed by atoms with E-state index in [0.717, 1.165) is 49.0 Å². The summed E-state index contributed by atoms with van der Waals surface area (Å²) in [6, 6.07) is 3.88. The first-order chi connectivity index (χ1) is 13.7. The first-order valence-corrected chi connectivity index (χ1v) is 10.1. The van der Waals surface area contributed by atoms with Gasteiger partial charge in [-0.1, -0.05) is 0 Å². The van der Waals surface area contributed by atoms with Crippen LogP contribution in [0.15, 0.2) is 18.3 Å². The minimum atomic E-state index is -0.123. The molecule has 4 heterocycles. The molecular formula is C21H26N4O3. The third-order valence-electron chi connectivity index (χ3n) is 5.81. The zero-order valence-corrected chi connectivity index (χ0v) is 16.4. The largest absolute Gasteiger partial charge is 0.484 e. The smallest absolute Gasteiger partial charge is 0.225 e. The van der Waals surface area contributed by atoms with Crippen molar-refractivity contribution in [3.8, 4) is 5.75 Å². The maximum absolute atomic E-state index is 6.14. The van der Waals surface area contributed by atoms with E-state index in [9.17, 15) is 0 Å². The lowest BCUT2D eigenvalue weighted by molar-refractivity contribution is -0.00461. The summed E-state index contributed by atoms with van der Waals surface area (Å²) in [4.78, 5) is 16.1. The standard InChI is InChI=1S/C21H26N4O3/c1-13-6-7-15(8-22-13)28-16-11-26-19-9-25(10-20(19)27-12-16)21-23-14(2)17-4-3-5-18(17)24-21/h6-8,16,19-20H,3-5,9-12H2,1-2H3/t19-,20-/m0/s1. The summed E-state index contributed by atoms with van der Waals surface area (Å²) in [5.41, 5.74) is 4.65. The van der Waals surface area contributed by atoms with Gasteiger partial charge in [-0.25, -0.2) is 9.97 Å². The van der Waals surface area contributed by atoms with Crippen LogP contribution in [0, 0.1) is 13.8 Å². The molecule has 7 nitrogen and oxygen atoms in total. The van der Waals surface area contributed by atoms with Crippen LogP contribution in [0.1, 0.15) is 29.1 Å². The highest BCUT2D eigenvalue weighted by molar-refractivity contribution is 5.40. The Morgan fingerprint density at radius 2 is 1.82 bits per heavy atom. The minimum Gasteiger partial charge on any atom is -0.484 e. The number of anilines is 1. The minimum absolute atomic E-state index is 0.0157. The van der Waals surface area contributed by atoms with Crippen LogP contribution in [0.25, 0.3) is 0 Å². The van der Waals surface area contributed by atoms with Crippen molar-refractivity contribution >= 4 is 5.95 Å². The molecule has 2 aromatic rings. The summed E-state index contributed by atoms with van der Waals surface area (Å²) in [5, 5.41) is 0. The Hall–Kier alpha value is -2.25. The molecular weight excluding hydrogens is 356 g/mol. The van der Waals surface area contributed by atoms with Crippen molar-refractivity contribution in [2.45, 2.75) is 51.4 Å². The van der Waals surface area contributed by atoms with Crippen LogP contribution in [0.3, 0.4) is 0 Å². The van der Waals surface area contributed by atoms with Crippen molar-refractivity contribution in [1.29, 1.82) is 0 Å². The highest BCUT2D eigenvalue weighted by Crippen LogP contribution is 2.28. The van der Waals surface area contributed by atoms with Gasteiger partial charge < -0.3 is 19.1 Å². The fourth-order valence-electron chi connectivity index (χ4n) is 4.27. The summed E-state index contributed by atoms with van der Waals surface area (Å²) < 4.78 is 18.3. The molecule has 148 valence electrons. The van der Waals surface area contributed by atoms with Crippen LogP contribution in [0.4, 0.5) is 5.95 Å². The molecule has 0 spiro atoms. The first-order valence-electron chi connectivity index (χ1n) is 10.1. The molecule has 2 fully saturated rings. The Balaban J connectivity index is 1.23. The first kappa shape index (κ1) is 17.8. The van der Waals surface area contributed by atoms with Crippen molar-refractivity contribution in [3.05, 3.63) is 41.0 Å². The van der Waals surface area contributed by atoms with Crippen LogP contribution >= 0.6 is 0 Å². The van der Waals surface area contributed by atoms with E-state index < -0.39 is 0 Å². The fraction of sp³-hybridized carbons (Fsp3) is 0.571. The predicted molar refractivity (Wildman–Crippen MR) is 104 cm³/mol. The third kappa shape index (κ3) is 3.44. The van der Waals surface area contributed by atoms with Gasteiger partial charge in [0.05, 0.1) is 19.4 Å². The topological polar surface area (TPSA) is 69.6 Å². The maximum Gasteiger partial charge on any atom is 0.225 e. The summed E-state index contributed by atoms with van der Waals surface area (Å²) >= 11 is 0. The second kappa shape index (κ2) is 7.29. The zero-order valence-electron chi connectivity index (χ0n) is 16.4. The molecule has 0 saturated carbocycles. The van der Waals surface area contributed by atoms with Gasteiger partial charge in [0.2, 0.25) is 5.95 Å². The Morgan fingerprint density at radius 1 is 1.04 bits per heavy atom. The molecule has 0 aromatic carbocycles. The summed E-state index contributed by atoms with van der Waals surface area (Å²) in [7, 11) is 0. The molecule has 3 aliphatic rings. The Kier molecular flexibility index (Phi) is 4.64. The molecule has 0 N–H and O–H groups in total. The second-order valence-corrected chi connectivity index (χ2v) is 7.91. The number of hydrogen-bond acceptors (Lipinski definition) is 7. The second-order valence-electron chi connectivity index (χ2n) is 7.91. The zero-order chi connectivity index (χ0) is 19.1. The van der Waals surface area contributed by atoms with Crippen LogP contribution in [0.2, 0.25) is 0 Å². The van der Waals surface area contributed by atoms with E-state index in [2.05, 4.69) is 16.8 Å². The fourth-order valence-corrected chi connectivity index (χ4v) is 4.27. The summed E-state index contributed by atoms with van der Waals surface area (Å²) in [6.07, 6.45) is 5.01. The number of ether oxygens (including phenoxy) is 3. The Labute approximate surface area is 165 Å². The van der Waals surface area contributed by atoms with Gasteiger partial charge in [0.1, 0.15) is 24.1 Å². The van der Waals surface area contributed by atoms with Crippen molar-refractivity contribution < 1.29 is 14.2 Å². The van der Waals surface area contributed by atoms with Crippen LogP contribution in [-0.4, -0.2) is 59.6 Å². The molecule has 0 amide bonds. The molecule has 2 aromatic heterocycles. The van der Waals surface area contributed by atoms with Gasteiger partial charge in [0.25, 0.3) is 0 Å². The van der Waals surface area contributed by atoms with Gasteiger partial charge in [0, 0.05) is 30.2 Å². The molecule has 1 aliphatic carbocycles. The molecule has 2 saturated heterocycles. The quantitative estimate of drug-likeness (QED) is 0.804. The highest BCUT2D eigenvalue weighted by atomic mass is 16.6. The normalized spacial score (nSPS) is 24.7. The van der Waals surface area contributed by atoms with E-state index in [0.29, 0.717) is 13.2 Å². The van der Waals surface area contributed by atoms with Crippen molar-refractivity contribution in [3.63, 3.8) is 0 Å². The predicted octanol–water partition coefficient (Wildman–Crippen LogP) is 2.03. The maximum atomic E-state index is 6.14. The van der Waals surface area contributed by atoms with Gasteiger partial charge >= 0.3 is 0 Å². The van der Waals surface area contributed by atoms with Crippen molar-refractivity contribution in [2.24, 2.45) is 0 Å². The molecule has 2 aliphatic heterocycles. The SMILES string of the molecule is Cc1ccc(OC2CO[C@H]3CN(c4nc(C)c5c(n4)CCC5)C[C@@H]3OC2)cn1. The molecule has 0 unspecified atom stereocenters. The third-order valence-corrected chi connectivity index (χ3v) is 5.81. The number of rotatable bonds is 3.